The van der Waals surface area contributed by atoms with E-state index in [-0.39, 0.29) is 11.8 Å². The van der Waals surface area contributed by atoms with Crippen molar-refractivity contribution in [1.82, 2.24) is 4.90 Å². The predicted molar refractivity (Wildman–Crippen MR) is 77.2 cm³/mol. The molecule has 0 bridgehead atoms. The van der Waals surface area contributed by atoms with Crippen molar-refractivity contribution in [3.05, 3.63) is 35.2 Å². The number of benzene rings is 1. The quantitative estimate of drug-likeness (QED) is 0.862. The number of nitrogens with zero attached hydrogens (tertiary/aromatic N) is 1. The molecule has 0 N–H and O–H groups in total. The van der Waals surface area contributed by atoms with Crippen molar-refractivity contribution in [2.24, 2.45) is 5.92 Å². The Hall–Kier alpha value is -1.39. The van der Waals surface area contributed by atoms with E-state index in [9.17, 15) is 4.79 Å². The van der Waals surface area contributed by atoms with Gasteiger partial charge in [0.25, 0.3) is 0 Å². The number of amides is 1. The highest BCUT2D eigenvalue weighted by atomic mass is 32.1. The Labute approximate surface area is 116 Å². The second-order valence-corrected chi connectivity index (χ2v) is 6.17. The van der Waals surface area contributed by atoms with E-state index in [1.54, 1.807) is 11.3 Å². The van der Waals surface area contributed by atoms with Gasteiger partial charge in [0.05, 0.1) is 19.1 Å². The first kappa shape index (κ1) is 12.6. The molecule has 1 atom stereocenters. The summed E-state index contributed by atoms with van der Waals surface area (Å²) in [5, 5.41) is 1.26. The van der Waals surface area contributed by atoms with Crippen LogP contribution in [0.25, 0.3) is 10.1 Å². The number of thiophene rings is 1. The number of carbonyl (C=O) groups is 1. The molecule has 19 heavy (non-hydrogen) atoms. The summed E-state index contributed by atoms with van der Waals surface area (Å²) < 4.78 is 6.56. The smallest absolute Gasteiger partial charge is 0.228 e. The van der Waals surface area contributed by atoms with E-state index in [0.717, 1.165) is 6.42 Å². The van der Waals surface area contributed by atoms with Gasteiger partial charge in [-0.3, -0.25) is 4.79 Å². The topological polar surface area (TPSA) is 29.5 Å². The fraction of sp³-hybridized carbons (Fsp3) is 0.400. The zero-order valence-electron chi connectivity index (χ0n) is 11.0. The van der Waals surface area contributed by atoms with Gasteiger partial charge in [-0.25, -0.2) is 0 Å². The Morgan fingerprint density at radius 1 is 1.47 bits per heavy atom. The summed E-state index contributed by atoms with van der Waals surface area (Å²) in [4.78, 5) is 15.3. The van der Waals surface area contributed by atoms with E-state index >= 15 is 0 Å². The van der Waals surface area contributed by atoms with E-state index in [1.165, 1.54) is 15.0 Å². The van der Waals surface area contributed by atoms with Crippen molar-refractivity contribution >= 4 is 27.3 Å². The molecule has 4 heteroatoms. The van der Waals surface area contributed by atoms with Gasteiger partial charge in [0.1, 0.15) is 0 Å². The maximum atomic E-state index is 12.2. The van der Waals surface area contributed by atoms with Crippen LogP contribution >= 0.6 is 11.3 Å². The molecule has 3 rings (SSSR count). The maximum absolute atomic E-state index is 12.2. The lowest BCUT2D eigenvalue weighted by Crippen LogP contribution is -2.32. The fourth-order valence-electron chi connectivity index (χ4n) is 2.47. The monoisotopic (exact) mass is 275 g/mol. The fourth-order valence-corrected chi connectivity index (χ4v) is 3.59. The Morgan fingerprint density at radius 2 is 2.32 bits per heavy atom. The van der Waals surface area contributed by atoms with Crippen LogP contribution in [-0.4, -0.2) is 31.1 Å². The second-order valence-electron chi connectivity index (χ2n) is 5.01. The molecule has 2 aromatic rings. The van der Waals surface area contributed by atoms with Crippen LogP contribution in [0.4, 0.5) is 0 Å². The van der Waals surface area contributed by atoms with Gasteiger partial charge in [-0.15, -0.1) is 11.3 Å². The molecular weight excluding hydrogens is 258 g/mol. The highest BCUT2D eigenvalue weighted by Gasteiger charge is 2.26. The predicted octanol–water partition coefficient (Wildman–Crippen LogP) is 2.90. The molecule has 1 amide bonds. The molecule has 0 radical (unpaired) electrons. The van der Waals surface area contributed by atoms with E-state index in [4.69, 9.17) is 4.74 Å². The van der Waals surface area contributed by atoms with Crippen LogP contribution in [0, 0.1) is 5.92 Å². The van der Waals surface area contributed by atoms with Crippen molar-refractivity contribution in [3.8, 4) is 0 Å². The summed E-state index contributed by atoms with van der Waals surface area (Å²) in [6.07, 6.45) is 0.857. The van der Waals surface area contributed by atoms with Gasteiger partial charge in [-0.05, 0) is 23.9 Å². The molecule has 1 aliphatic heterocycles. The molecule has 0 aliphatic carbocycles. The summed E-state index contributed by atoms with van der Waals surface area (Å²) in [5.41, 5.74) is 0. The molecule has 100 valence electrons. The standard InChI is InChI=1S/C15H17NO2S/c1-16(15(17)12-6-7-18-10-12)9-13-8-11-4-2-3-5-14(11)19-13/h2-5,8,12H,6-7,9-10H2,1H3. The summed E-state index contributed by atoms with van der Waals surface area (Å²) in [6.45, 7) is 1.98. The van der Waals surface area contributed by atoms with Gasteiger partial charge in [-0.2, -0.15) is 0 Å². The number of carbonyl (C=O) groups excluding carboxylic acids is 1. The molecule has 0 saturated carbocycles. The Balaban J connectivity index is 1.71. The number of ether oxygens (including phenoxy) is 1. The Kier molecular flexibility index (Phi) is 3.53. The molecule has 2 heterocycles. The minimum atomic E-state index is 0.0550. The lowest BCUT2D eigenvalue weighted by Gasteiger charge is -2.19. The van der Waals surface area contributed by atoms with Crippen LogP contribution in [0.1, 0.15) is 11.3 Å². The number of fused-ring (bicyclic) bond motifs is 1. The van der Waals surface area contributed by atoms with Crippen molar-refractivity contribution in [3.63, 3.8) is 0 Å². The van der Waals surface area contributed by atoms with Crippen LogP contribution in [-0.2, 0) is 16.1 Å². The molecule has 3 nitrogen and oxygen atoms in total. The largest absolute Gasteiger partial charge is 0.381 e. The van der Waals surface area contributed by atoms with E-state index in [2.05, 4.69) is 18.2 Å². The average Bonchev–Trinajstić information content (AvgIpc) is 3.06. The van der Waals surface area contributed by atoms with Crippen molar-refractivity contribution in [2.75, 3.05) is 20.3 Å². The lowest BCUT2D eigenvalue weighted by molar-refractivity contribution is -0.134. The minimum absolute atomic E-state index is 0.0550. The number of hydrogen-bond acceptors (Lipinski definition) is 3. The van der Waals surface area contributed by atoms with E-state index < -0.39 is 0 Å². The van der Waals surface area contributed by atoms with Gasteiger partial charge >= 0.3 is 0 Å². The van der Waals surface area contributed by atoms with Crippen LogP contribution in [0.2, 0.25) is 0 Å². The third-order valence-corrected chi connectivity index (χ3v) is 4.63. The van der Waals surface area contributed by atoms with Crippen LogP contribution < -0.4 is 0 Å². The van der Waals surface area contributed by atoms with Gasteiger partial charge in [0.2, 0.25) is 5.91 Å². The third-order valence-electron chi connectivity index (χ3n) is 3.52. The first-order valence-corrected chi connectivity index (χ1v) is 7.36. The van der Waals surface area contributed by atoms with Crippen molar-refractivity contribution in [1.29, 1.82) is 0 Å². The molecule has 1 unspecified atom stereocenters. The highest BCUT2D eigenvalue weighted by Crippen LogP contribution is 2.26. The van der Waals surface area contributed by atoms with E-state index in [1.807, 2.05) is 24.1 Å². The van der Waals surface area contributed by atoms with Crippen molar-refractivity contribution in [2.45, 2.75) is 13.0 Å². The maximum Gasteiger partial charge on any atom is 0.228 e. The SMILES string of the molecule is CN(Cc1cc2ccccc2s1)C(=O)C1CCOC1. The second kappa shape index (κ2) is 5.31. The zero-order chi connectivity index (χ0) is 13.2. The molecule has 1 aromatic heterocycles. The summed E-state index contributed by atoms with van der Waals surface area (Å²) in [6, 6.07) is 10.5. The Morgan fingerprint density at radius 3 is 3.05 bits per heavy atom. The van der Waals surface area contributed by atoms with Gasteiger partial charge in [-0.1, -0.05) is 18.2 Å². The normalized spacial score (nSPS) is 18.9. The van der Waals surface area contributed by atoms with Gasteiger partial charge in [0, 0.05) is 23.2 Å². The average molecular weight is 275 g/mol. The lowest BCUT2D eigenvalue weighted by atomic mass is 10.1. The minimum Gasteiger partial charge on any atom is -0.381 e. The van der Waals surface area contributed by atoms with E-state index in [0.29, 0.717) is 19.8 Å². The molecule has 1 aromatic carbocycles. The molecule has 1 aliphatic rings. The van der Waals surface area contributed by atoms with Crippen LogP contribution in [0.5, 0.6) is 0 Å². The first-order chi connectivity index (χ1) is 9.24. The van der Waals surface area contributed by atoms with Gasteiger partial charge in [0.15, 0.2) is 0 Å². The first-order valence-electron chi connectivity index (χ1n) is 6.54. The molecule has 1 fully saturated rings. The summed E-state index contributed by atoms with van der Waals surface area (Å²) in [5.74, 6) is 0.259. The Bertz CT molecular complexity index is 554. The van der Waals surface area contributed by atoms with Crippen LogP contribution in [0.15, 0.2) is 30.3 Å². The zero-order valence-corrected chi connectivity index (χ0v) is 11.8. The highest BCUT2D eigenvalue weighted by molar-refractivity contribution is 7.19. The molecule has 1 saturated heterocycles. The molecule has 0 spiro atoms. The molecular formula is C15H17NO2S. The summed E-state index contributed by atoms with van der Waals surface area (Å²) in [7, 11) is 1.88. The third kappa shape index (κ3) is 2.65. The van der Waals surface area contributed by atoms with Gasteiger partial charge < -0.3 is 9.64 Å². The van der Waals surface area contributed by atoms with Crippen LogP contribution in [0.3, 0.4) is 0 Å². The summed E-state index contributed by atoms with van der Waals surface area (Å²) >= 11 is 1.76. The number of rotatable bonds is 3. The number of hydrogen-bond donors (Lipinski definition) is 0. The van der Waals surface area contributed by atoms with Crippen molar-refractivity contribution < 1.29 is 9.53 Å².